The van der Waals surface area contributed by atoms with Gasteiger partial charge in [-0.3, -0.25) is 24.1 Å². The maximum absolute atomic E-state index is 11.6. The van der Waals surface area contributed by atoms with Crippen molar-refractivity contribution in [1.29, 1.82) is 0 Å². The van der Waals surface area contributed by atoms with Gasteiger partial charge in [0.15, 0.2) is 12.2 Å². The monoisotopic (exact) mass is 371 g/mol. The fourth-order valence-corrected chi connectivity index (χ4v) is 3.74. The maximum Gasteiger partial charge on any atom is 0.303 e. The summed E-state index contributed by atoms with van der Waals surface area (Å²) in [7, 11) is 0. The van der Waals surface area contributed by atoms with E-state index in [1.54, 1.807) is 0 Å². The van der Waals surface area contributed by atoms with Crippen molar-refractivity contribution in [1.82, 2.24) is 4.90 Å². The van der Waals surface area contributed by atoms with Gasteiger partial charge in [0.25, 0.3) is 0 Å². The first-order valence-electron chi connectivity index (χ1n) is 8.59. The number of carbonyl (C=O) groups excluding carboxylic acids is 4. The third-order valence-corrected chi connectivity index (χ3v) is 4.53. The van der Waals surface area contributed by atoms with Crippen LogP contribution in [0.15, 0.2) is 0 Å². The molecule has 2 aliphatic rings. The topological polar surface area (TPSA) is 108 Å². The van der Waals surface area contributed by atoms with Gasteiger partial charge in [-0.05, 0) is 12.8 Å². The van der Waals surface area contributed by atoms with E-state index in [1.165, 1.54) is 27.7 Å². The normalized spacial score (nSPS) is 30.8. The first kappa shape index (κ1) is 20.2. The number of carbonyl (C=O) groups is 4. The van der Waals surface area contributed by atoms with Gasteiger partial charge in [0, 0.05) is 40.3 Å². The highest BCUT2D eigenvalue weighted by atomic mass is 16.6. The average Bonchev–Trinajstić information content (AvgIpc) is 2.83. The molecule has 0 aromatic carbocycles. The lowest BCUT2D eigenvalue weighted by atomic mass is 9.92. The zero-order chi connectivity index (χ0) is 19.4. The number of hydrogen-bond donors (Lipinski definition) is 0. The number of piperidine rings is 1. The summed E-state index contributed by atoms with van der Waals surface area (Å²) in [4.78, 5) is 47.6. The molecule has 0 saturated carbocycles. The van der Waals surface area contributed by atoms with E-state index in [4.69, 9.17) is 18.9 Å². The lowest BCUT2D eigenvalue weighted by Crippen LogP contribution is -2.56. The van der Waals surface area contributed by atoms with Gasteiger partial charge in [0.2, 0.25) is 0 Å². The van der Waals surface area contributed by atoms with Gasteiger partial charge in [0.1, 0.15) is 12.7 Å². The van der Waals surface area contributed by atoms with Crippen LogP contribution < -0.4 is 0 Å². The summed E-state index contributed by atoms with van der Waals surface area (Å²) < 4.78 is 21.3. The van der Waals surface area contributed by atoms with Gasteiger partial charge >= 0.3 is 23.9 Å². The Kier molecular flexibility index (Phi) is 6.57. The summed E-state index contributed by atoms with van der Waals surface area (Å²) >= 11 is 0. The van der Waals surface area contributed by atoms with Crippen LogP contribution in [-0.4, -0.2) is 72.3 Å². The third-order valence-electron chi connectivity index (χ3n) is 4.53. The minimum Gasteiger partial charge on any atom is -0.464 e. The molecular formula is C17H25NO8. The van der Waals surface area contributed by atoms with E-state index in [0.29, 0.717) is 19.4 Å². The van der Waals surface area contributed by atoms with E-state index in [2.05, 4.69) is 0 Å². The third kappa shape index (κ3) is 4.94. The molecule has 2 aliphatic heterocycles. The van der Waals surface area contributed by atoms with Crippen molar-refractivity contribution in [3.05, 3.63) is 0 Å². The highest BCUT2D eigenvalue weighted by Gasteiger charge is 2.54. The van der Waals surface area contributed by atoms with Crippen LogP contribution in [-0.2, 0) is 38.1 Å². The van der Waals surface area contributed by atoms with Crippen molar-refractivity contribution in [2.24, 2.45) is 0 Å². The van der Waals surface area contributed by atoms with Crippen LogP contribution in [0.1, 0.15) is 40.5 Å². The van der Waals surface area contributed by atoms with Crippen LogP contribution >= 0.6 is 0 Å². The first-order valence-corrected chi connectivity index (χ1v) is 8.59. The molecule has 9 nitrogen and oxygen atoms in total. The highest BCUT2D eigenvalue weighted by Crippen LogP contribution is 2.36. The number of rotatable bonds is 5. The number of nitrogens with zero attached hydrogens (tertiary/aromatic N) is 1. The molecule has 2 saturated heterocycles. The SMILES string of the molecule is CC(=O)OC[C@@H]1CC[C@@H](OC(C)=O)[C@H]2[C@H](OC(C)=O)[C@@H](OC(C)=O)CN12. The molecule has 9 heteroatoms. The van der Waals surface area contributed by atoms with Gasteiger partial charge in [-0.25, -0.2) is 0 Å². The van der Waals surface area contributed by atoms with Gasteiger partial charge in [-0.15, -0.1) is 0 Å². The minimum absolute atomic E-state index is 0.144. The lowest BCUT2D eigenvalue weighted by molar-refractivity contribution is -0.170. The second-order valence-electron chi connectivity index (χ2n) is 6.59. The van der Waals surface area contributed by atoms with Crippen LogP contribution in [0.3, 0.4) is 0 Å². The Morgan fingerprint density at radius 1 is 0.808 bits per heavy atom. The molecule has 0 bridgehead atoms. The van der Waals surface area contributed by atoms with Gasteiger partial charge in [-0.2, -0.15) is 0 Å². The Morgan fingerprint density at radius 3 is 1.92 bits per heavy atom. The van der Waals surface area contributed by atoms with Crippen LogP contribution in [0, 0.1) is 0 Å². The largest absolute Gasteiger partial charge is 0.464 e. The van der Waals surface area contributed by atoms with Crippen LogP contribution in [0.4, 0.5) is 0 Å². The molecule has 0 aromatic rings. The molecule has 0 spiro atoms. The van der Waals surface area contributed by atoms with E-state index < -0.39 is 48.2 Å². The van der Waals surface area contributed by atoms with Crippen molar-refractivity contribution in [3.63, 3.8) is 0 Å². The number of fused-ring (bicyclic) bond motifs is 1. The zero-order valence-electron chi connectivity index (χ0n) is 15.4. The van der Waals surface area contributed by atoms with Crippen molar-refractivity contribution in [2.75, 3.05) is 13.2 Å². The average molecular weight is 371 g/mol. The Morgan fingerprint density at radius 2 is 1.38 bits per heavy atom. The molecule has 5 atom stereocenters. The second kappa shape index (κ2) is 8.48. The summed E-state index contributed by atoms with van der Waals surface area (Å²) in [6, 6.07) is -0.615. The van der Waals surface area contributed by atoms with Gasteiger partial charge in [0.05, 0.1) is 6.04 Å². The van der Waals surface area contributed by atoms with E-state index in [-0.39, 0.29) is 12.6 Å². The van der Waals surface area contributed by atoms with E-state index in [9.17, 15) is 19.2 Å². The molecule has 0 amide bonds. The number of esters is 4. The minimum atomic E-state index is -0.763. The fourth-order valence-electron chi connectivity index (χ4n) is 3.74. The predicted octanol–water partition coefficient (Wildman–Crippen LogP) is 0.191. The van der Waals surface area contributed by atoms with E-state index in [0.717, 1.165) is 0 Å². The molecule has 2 heterocycles. The molecule has 146 valence electrons. The fraction of sp³-hybridized carbons (Fsp3) is 0.765. The van der Waals surface area contributed by atoms with Crippen molar-refractivity contribution in [2.45, 2.75) is 70.9 Å². The quantitative estimate of drug-likeness (QED) is 0.494. The molecule has 0 N–H and O–H groups in total. The van der Waals surface area contributed by atoms with Crippen LogP contribution in [0.25, 0.3) is 0 Å². The molecule has 0 radical (unpaired) electrons. The summed E-state index contributed by atoms with van der Waals surface area (Å²) in [6.07, 6.45) is -0.803. The lowest BCUT2D eigenvalue weighted by Gasteiger charge is -2.42. The molecule has 26 heavy (non-hydrogen) atoms. The van der Waals surface area contributed by atoms with E-state index >= 15 is 0 Å². The Labute approximate surface area is 151 Å². The summed E-state index contributed by atoms with van der Waals surface area (Å²) in [6.45, 7) is 5.66. The Balaban J connectivity index is 2.28. The molecule has 0 aromatic heterocycles. The smallest absolute Gasteiger partial charge is 0.303 e. The number of hydrogen-bond acceptors (Lipinski definition) is 9. The van der Waals surface area contributed by atoms with Crippen molar-refractivity contribution >= 4 is 23.9 Å². The Hall–Kier alpha value is -2.16. The van der Waals surface area contributed by atoms with Gasteiger partial charge in [-0.1, -0.05) is 0 Å². The second-order valence-corrected chi connectivity index (χ2v) is 6.59. The molecule has 2 rings (SSSR count). The predicted molar refractivity (Wildman–Crippen MR) is 86.8 cm³/mol. The summed E-state index contributed by atoms with van der Waals surface area (Å²) in [5.74, 6) is -1.84. The zero-order valence-corrected chi connectivity index (χ0v) is 15.4. The van der Waals surface area contributed by atoms with Gasteiger partial charge < -0.3 is 18.9 Å². The molecule has 0 aliphatic carbocycles. The standard InChI is InChI=1S/C17H25NO8/c1-9(19)23-8-13-5-6-14(24-10(2)20)16-17(26-12(4)22)15(7-18(13)16)25-11(3)21/h13-17H,5-8H2,1-4H3/t13-,14+,15-,16-,17+/m0/s1. The molecule has 2 fully saturated rings. The van der Waals surface area contributed by atoms with Crippen LogP contribution in [0.2, 0.25) is 0 Å². The first-order chi connectivity index (χ1) is 12.2. The van der Waals surface area contributed by atoms with E-state index in [1.807, 2.05) is 4.90 Å². The molecular weight excluding hydrogens is 346 g/mol. The number of ether oxygens (including phenoxy) is 4. The summed E-state index contributed by atoms with van der Waals surface area (Å²) in [5.41, 5.74) is 0. The summed E-state index contributed by atoms with van der Waals surface area (Å²) in [5, 5.41) is 0. The van der Waals surface area contributed by atoms with Crippen molar-refractivity contribution in [3.8, 4) is 0 Å². The van der Waals surface area contributed by atoms with Crippen LogP contribution in [0.5, 0.6) is 0 Å². The van der Waals surface area contributed by atoms with Crippen molar-refractivity contribution < 1.29 is 38.1 Å². The molecule has 0 unspecified atom stereocenters. The maximum atomic E-state index is 11.6. The highest BCUT2D eigenvalue weighted by molar-refractivity contribution is 5.68. The Bertz CT molecular complexity index is 577.